The molecule has 0 amide bonds. The molecule has 2 aromatic heterocycles. The molecule has 86 valence electrons. The van der Waals surface area contributed by atoms with Gasteiger partial charge in [0.2, 0.25) is 0 Å². The molecule has 0 saturated heterocycles. The molecule has 0 spiro atoms. The molecule has 3 rings (SSSR count). The van der Waals surface area contributed by atoms with Gasteiger partial charge in [-0.05, 0) is 18.2 Å². The number of benzene rings is 1. The zero-order valence-electron chi connectivity index (χ0n) is 8.88. The van der Waals surface area contributed by atoms with Crippen LogP contribution >= 0.6 is 11.3 Å². The highest BCUT2D eigenvalue weighted by Gasteiger charge is 2.04. The van der Waals surface area contributed by atoms with Gasteiger partial charge >= 0.3 is 0 Å². The van der Waals surface area contributed by atoms with Crippen LogP contribution in [0.15, 0.2) is 35.0 Å². The van der Waals surface area contributed by atoms with E-state index < -0.39 is 0 Å². The fourth-order valence-corrected chi connectivity index (χ4v) is 2.42. The second-order valence-corrected chi connectivity index (χ2v) is 4.61. The summed E-state index contributed by atoms with van der Waals surface area (Å²) in [6.45, 7) is 0.579. The molecule has 1 aromatic carbocycles. The molecule has 3 N–H and O–H groups in total. The van der Waals surface area contributed by atoms with E-state index >= 15 is 0 Å². The molecular weight excluding hydrogens is 236 g/mol. The largest absolute Gasteiger partial charge is 0.399 e. The number of aromatic nitrogens is 2. The Balaban J connectivity index is 1.81. The van der Waals surface area contributed by atoms with Crippen LogP contribution < -0.4 is 11.1 Å². The van der Waals surface area contributed by atoms with E-state index in [4.69, 9.17) is 10.3 Å². The fraction of sp³-hybridized carbons (Fsp3) is 0.0909. The molecule has 0 fully saturated rings. The van der Waals surface area contributed by atoms with Gasteiger partial charge in [0, 0.05) is 11.8 Å². The summed E-state index contributed by atoms with van der Waals surface area (Å²) in [4.78, 5) is 4.44. The highest BCUT2D eigenvalue weighted by molar-refractivity contribution is 7.22. The summed E-state index contributed by atoms with van der Waals surface area (Å²) in [5.41, 5.74) is 7.42. The van der Waals surface area contributed by atoms with Crippen molar-refractivity contribution in [2.45, 2.75) is 6.54 Å². The van der Waals surface area contributed by atoms with E-state index in [1.165, 1.54) is 0 Å². The quantitative estimate of drug-likeness (QED) is 0.694. The zero-order valence-corrected chi connectivity index (χ0v) is 9.70. The first-order chi connectivity index (χ1) is 8.31. The summed E-state index contributed by atoms with van der Waals surface area (Å²) >= 11 is 1.57. The van der Waals surface area contributed by atoms with Crippen molar-refractivity contribution in [3.05, 3.63) is 36.2 Å². The Morgan fingerprint density at radius 1 is 1.35 bits per heavy atom. The third-order valence-electron chi connectivity index (χ3n) is 2.32. The molecule has 3 aromatic rings. The molecule has 0 radical (unpaired) electrons. The third kappa shape index (κ3) is 2.07. The maximum atomic E-state index is 5.72. The van der Waals surface area contributed by atoms with Crippen molar-refractivity contribution in [1.82, 2.24) is 10.1 Å². The average molecular weight is 246 g/mol. The number of hydrogen-bond donors (Lipinski definition) is 2. The second-order valence-electron chi connectivity index (χ2n) is 3.58. The molecule has 17 heavy (non-hydrogen) atoms. The van der Waals surface area contributed by atoms with Gasteiger partial charge < -0.3 is 15.6 Å². The SMILES string of the molecule is Nc1ccc2nc(NCc3ccno3)sc2c1. The molecule has 6 heteroatoms. The van der Waals surface area contributed by atoms with Gasteiger partial charge in [0.1, 0.15) is 0 Å². The molecule has 2 heterocycles. The van der Waals surface area contributed by atoms with Crippen molar-refractivity contribution in [3.63, 3.8) is 0 Å². The summed E-state index contributed by atoms with van der Waals surface area (Å²) in [7, 11) is 0. The summed E-state index contributed by atoms with van der Waals surface area (Å²) in [5, 5.41) is 7.68. The highest BCUT2D eigenvalue weighted by Crippen LogP contribution is 2.27. The molecule has 0 aliphatic heterocycles. The Kier molecular flexibility index (Phi) is 2.41. The summed E-state index contributed by atoms with van der Waals surface area (Å²) in [5.74, 6) is 0.781. The maximum absolute atomic E-state index is 5.72. The van der Waals surface area contributed by atoms with Gasteiger partial charge in [-0.25, -0.2) is 4.98 Å². The summed E-state index contributed by atoms with van der Waals surface area (Å²) in [6, 6.07) is 7.51. The van der Waals surface area contributed by atoms with Crippen LogP contribution in [0.5, 0.6) is 0 Å². The predicted octanol–water partition coefficient (Wildman–Crippen LogP) is 2.48. The van der Waals surface area contributed by atoms with E-state index in [1.807, 2.05) is 24.3 Å². The van der Waals surface area contributed by atoms with Gasteiger partial charge in [0.25, 0.3) is 0 Å². The number of nitrogen functional groups attached to an aromatic ring is 1. The number of nitrogens with zero attached hydrogens (tertiary/aromatic N) is 2. The van der Waals surface area contributed by atoms with Crippen LogP contribution in [0, 0.1) is 0 Å². The number of nitrogens with two attached hydrogens (primary N) is 1. The van der Waals surface area contributed by atoms with Gasteiger partial charge in [0.15, 0.2) is 10.9 Å². The average Bonchev–Trinajstić information content (AvgIpc) is 2.94. The van der Waals surface area contributed by atoms with E-state index in [1.54, 1.807) is 17.5 Å². The van der Waals surface area contributed by atoms with E-state index in [2.05, 4.69) is 15.5 Å². The Morgan fingerprint density at radius 3 is 3.12 bits per heavy atom. The number of nitrogens with one attached hydrogen (secondary N) is 1. The second kappa shape index (κ2) is 4.06. The van der Waals surface area contributed by atoms with E-state index in [0.29, 0.717) is 6.54 Å². The topological polar surface area (TPSA) is 77.0 Å². The molecule has 0 saturated carbocycles. The predicted molar refractivity (Wildman–Crippen MR) is 67.9 cm³/mol. The molecule has 0 unspecified atom stereocenters. The van der Waals surface area contributed by atoms with Crippen molar-refractivity contribution in [2.24, 2.45) is 0 Å². The third-order valence-corrected chi connectivity index (χ3v) is 3.29. The molecule has 0 aliphatic carbocycles. The van der Waals surface area contributed by atoms with Crippen LogP contribution in [-0.2, 0) is 6.54 Å². The van der Waals surface area contributed by atoms with Crippen LogP contribution in [0.1, 0.15) is 5.76 Å². The van der Waals surface area contributed by atoms with Crippen molar-refractivity contribution in [1.29, 1.82) is 0 Å². The minimum atomic E-state index is 0.579. The minimum Gasteiger partial charge on any atom is -0.399 e. The van der Waals surface area contributed by atoms with Crippen LogP contribution in [0.25, 0.3) is 10.2 Å². The van der Waals surface area contributed by atoms with Gasteiger partial charge in [0.05, 0.1) is 23.0 Å². The monoisotopic (exact) mass is 246 g/mol. The van der Waals surface area contributed by atoms with E-state index in [9.17, 15) is 0 Å². The van der Waals surface area contributed by atoms with Crippen molar-refractivity contribution in [2.75, 3.05) is 11.1 Å². The first kappa shape index (κ1) is 10.1. The number of rotatable bonds is 3. The Morgan fingerprint density at radius 2 is 2.29 bits per heavy atom. The maximum Gasteiger partial charge on any atom is 0.184 e. The first-order valence-electron chi connectivity index (χ1n) is 5.11. The zero-order chi connectivity index (χ0) is 11.7. The normalized spacial score (nSPS) is 10.8. The Labute approximate surface area is 101 Å². The Bertz CT molecular complexity index is 632. The number of thiazole rings is 1. The lowest BCUT2D eigenvalue weighted by atomic mass is 10.3. The van der Waals surface area contributed by atoms with Gasteiger partial charge in [-0.2, -0.15) is 0 Å². The van der Waals surface area contributed by atoms with Crippen molar-refractivity contribution in [3.8, 4) is 0 Å². The van der Waals surface area contributed by atoms with Gasteiger partial charge in [-0.15, -0.1) is 0 Å². The number of hydrogen-bond acceptors (Lipinski definition) is 6. The smallest absolute Gasteiger partial charge is 0.184 e. The Hall–Kier alpha value is -2.08. The standard InChI is InChI=1S/C11H10N4OS/c12-7-1-2-9-10(5-7)17-11(15-9)13-6-8-3-4-14-16-8/h1-5H,6,12H2,(H,13,15). The lowest BCUT2D eigenvalue weighted by Gasteiger charge is -1.96. The minimum absolute atomic E-state index is 0.579. The van der Waals surface area contributed by atoms with E-state index in [-0.39, 0.29) is 0 Å². The summed E-state index contributed by atoms with van der Waals surface area (Å²) < 4.78 is 6.07. The van der Waals surface area contributed by atoms with E-state index in [0.717, 1.165) is 26.8 Å². The number of fused-ring (bicyclic) bond motifs is 1. The van der Waals surface area contributed by atoms with Gasteiger partial charge in [-0.1, -0.05) is 16.5 Å². The lowest BCUT2D eigenvalue weighted by Crippen LogP contribution is -1.96. The molecule has 5 nitrogen and oxygen atoms in total. The van der Waals surface area contributed by atoms with Crippen LogP contribution in [-0.4, -0.2) is 10.1 Å². The van der Waals surface area contributed by atoms with Crippen LogP contribution in [0.4, 0.5) is 10.8 Å². The molecular formula is C11H10N4OS. The van der Waals surface area contributed by atoms with Crippen LogP contribution in [0.3, 0.4) is 0 Å². The van der Waals surface area contributed by atoms with Crippen LogP contribution in [0.2, 0.25) is 0 Å². The van der Waals surface area contributed by atoms with Crippen molar-refractivity contribution < 1.29 is 4.52 Å². The highest BCUT2D eigenvalue weighted by atomic mass is 32.1. The van der Waals surface area contributed by atoms with Gasteiger partial charge in [-0.3, -0.25) is 0 Å². The number of anilines is 2. The summed E-state index contributed by atoms with van der Waals surface area (Å²) in [6.07, 6.45) is 1.62. The lowest BCUT2D eigenvalue weighted by molar-refractivity contribution is 0.388. The fourth-order valence-electron chi connectivity index (χ4n) is 1.51. The molecule has 0 atom stereocenters. The molecule has 0 bridgehead atoms. The first-order valence-corrected chi connectivity index (χ1v) is 5.92. The van der Waals surface area contributed by atoms with Crippen molar-refractivity contribution >= 4 is 32.4 Å². The molecule has 0 aliphatic rings.